The highest BCUT2D eigenvalue weighted by atomic mass is 35.5. The van der Waals surface area contributed by atoms with Crippen LogP contribution in [0.5, 0.6) is 0 Å². The van der Waals surface area contributed by atoms with Crippen molar-refractivity contribution in [3.8, 4) is 0 Å². The Hall–Kier alpha value is -3.06. The number of piperazine rings is 1. The number of nitrogens with zero attached hydrogens (tertiary/aromatic N) is 2. The normalized spacial score (nSPS) is 14.0. The van der Waals surface area contributed by atoms with Crippen molar-refractivity contribution < 1.29 is 14.3 Å². The molecule has 182 valence electrons. The molecule has 1 heterocycles. The van der Waals surface area contributed by atoms with Gasteiger partial charge in [0.15, 0.2) is 0 Å². The monoisotopic (exact) mass is 511 g/mol. The fourth-order valence-electron chi connectivity index (χ4n) is 4.07. The maximum atomic E-state index is 13.0. The molecule has 0 spiro atoms. The molecular weight excluding hydrogens is 485 g/mol. The van der Waals surface area contributed by atoms with Crippen LogP contribution in [0, 0.1) is 0 Å². The third-order valence-corrected chi connectivity index (χ3v) is 6.64. The van der Waals surface area contributed by atoms with Crippen LogP contribution in [0.25, 0.3) is 0 Å². The molecule has 1 amide bonds. The molecule has 6 nitrogen and oxygen atoms in total. The molecule has 0 bridgehead atoms. The van der Waals surface area contributed by atoms with E-state index >= 15 is 0 Å². The Labute approximate surface area is 215 Å². The summed E-state index contributed by atoms with van der Waals surface area (Å²) in [6.45, 7) is 6.28. The molecule has 8 heteroatoms. The zero-order valence-electron chi connectivity index (χ0n) is 19.5. The summed E-state index contributed by atoms with van der Waals surface area (Å²) in [6, 6.07) is 20.4. The number of carbonyl (C=O) groups is 2. The van der Waals surface area contributed by atoms with Crippen molar-refractivity contribution in [1.82, 2.24) is 4.90 Å². The van der Waals surface area contributed by atoms with E-state index < -0.39 is 5.97 Å². The molecule has 0 saturated carbocycles. The van der Waals surface area contributed by atoms with Crippen LogP contribution >= 0.6 is 23.2 Å². The maximum Gasteiger partial charge on any atom is 0.338 e. The minimum Gasteiger partial charge on any atom is -0.462 e. The second kappa shape index (κ2) is 11.6. The Morgan fingerprint density at radius 2 is 1.60 bits per heavy atom. The van der Waals surface area contributed by atoms with Crippen molar-refractivity contribution in [3.63, 3.8) is 0 Å². The summed E-state index contributed by atoms with van der Waals surface area (Å²) in [5, 5.41) is 3.63. The molecule has 1 N–H and O–H groups in total. The molecule has 0 unspecified atom stereocenters. The third kappa shape index (κ3) is 6.34. The minimum absolute atomic E-state index is 0.273. The van der Waals surface area contributed by atoms with Crippen LogP contribution in [0.1, 0.15) is 33.2 Å². The number of benzene rings is 3. The zero-order chi connectivity index (χ0) is 24.8. The summed E-state index contributed by atoms with van der Waals surface area (Å²) in [7, 11) is 0. The number of carbonyl (C=O) groups excluding carboxylic acids is 2. The van der Waals surface area contributed by atoms with Gasteiger partial charge in [0.2, 0.25) is 0 Å². The first-order valence-electron chi connectivity index (χ1n) is 11.5. The summed E-state index contributed by atoms with van der Waals surface area (Å²) in [5.74, 6) is -0.773. The van der Waals surface area contributed by atoms with E-state index in [9.17, 15) is 9.59 Å². The van der Waals surface area contributed by atoms with Gasteiger partial charge in [0.25, 0.3) is 5.91 Å². The van der Waals surface area contributed by atoms with Gasteiger partial charge in [-0.15, -0.1) is 0 Å². The van der Waals surface area contributed by atoms with Crippen LogP contribution in [0.4, 0.5) is 11.4 Å². The predicted octanol–water partition coefficient (Wildman–Crippen LogP) is 5.74. The number of rotatable bonds is 7. The van der Waals surface area contributed by atoms with Gasteiger partial charge in [-0.1, -0.05) is 53.5 Å². The van der Waals surface area contributed by atoms with Crippen molar-refractivity contribution in [3.05, 3.63) is 93.5 Å². The molecule has 4 rings (SSSR count). The summed E-state index contributed by atoms with van der Waals surface area (Å²) >= 11 is 12.1. The Bertz CT molecular complexity index is 1200. The third-order valence-electron chi connectivity index (χ3n) is 5.90. The molecule has 3 aromatic rings. The fraction of sp³-hybridized carbons (Fsp3) is 0.259. The van der Waals surface area contributed by atoms with Crippen molar-refractivity contribution >= 4 is 46.5 Å². The van der Waals surface area contributed by atoms with Crippen LogP contribution in [0.15, 0.2) is 66.7 Å². The van der Waals surface area contributed by atoms with Crippen molar-refractivity contribution in [2.75, 3.05) is 43.0 Å². The molecule has 1 saturated heterocycles. The van der Waals surface area contributed by atoms with E-state index in [1.807, 2.05) is 12.1 Å². The van der Waals surface area contributed by atoms with E-state index in [2.05, 4.69) is 39.4 Å². The molecule has 1 aliphatic heterocycles. The topological polar surface area (TPSA) is 61.9 Å². The van der Waals surface area contributed by atoms with E-state index in [1.54, 1.807) is 31.2 Å². The molecule has 0 atom stereocenters. The summed E-state index contributed by atoms with van der Waals surface area (Å²) < 4.78 is 5.15. The second-order valence-electron chi connectivity index (χ2n) is 8.28. The lowest BCUT2D eigenvalue weighted by Gasteiger charge is -2.37. The standard InChI is InChI=1S/C27H27Cl2N3O3/c1-2-35-27(34)21-9-11-25(24(17-21)30-26(33)20-8-10-22(28)23(29)16-20)32-14-12-31(13-15-32)18-19-6-4-3-5-7-19/h3-11,16-17H,2,12-15,18H2,1H3,(H,30,33). The molecule has 0 aromatic heterocycles. The number of nitrogens with one attached hydrogen (secondary N) is 1. The smallest absolute Gasteiger partial charge is 0.338 e. The fourth-order valence-corrected chi connectivity index (χ4v) is 4.37. The van der Waals surface area contributed by atoms with Crippen LogP contribution in [-0.2, 0) is 11.3 Å². The van der Waals surface area contributed by atoms with Gasteiger partial charge >= 0.3 is 5.97 Å². The highest BCUT2D eigenvalue weighted by molar-refractivity contribution is 6.42. The van der Waals surface area contributed by atoms with Gasteiger partial charge in [0.05, 0.1) is 33.6 Å². The maximum absolute atomic E-state index is 13.0. The van der Waals surface area contributed by atoms with Gasteiger partial charge in [-0.25, -0.2) is 4.79 Å². The number of hydrogen-bond acceptors (Lipinski definition) is 5. The first kappa shape index (κ1) is 25.0. The van der Waals surface area contributed by atoms with Crippen LogP contribution in [0.2, 0.25) is 10.0 Å². The van der Waals surface area contributed by atoms with Gasteiger partial charge in [0, 0.05) is 38.3 Å². The first-order valence-corrected chi connectivity index (χ1v) is 12.3. The van der Waals surface area contributed by atoms with E-state index in [0.29, 0.717) is 26.9 Å². The first-order chi connectivity index (χ1) is 16.9. The van der Waals surface area contributed by atoms with E-state index in [-0.39, 0.29) is 12.5 Å². The van der Waals surface area contributed by atoms with Crippen LogP contribution < -0.4 is 10.2 Å². The average Bonchev–Trinajstić information content (AvgIpc) is 2.87. The summed E-state index contributed by atoms with van der Waals surface area (Å²) in [5.41, 5.74) is 3.44. The summed E-state index contributed by atoms with van der Waals surface area (Å²) in [6.07, 6.45) is 0. The van der Waals surface area contributed by atoms with E-state index in [4.69, 9.17) is 27.9 Å². The zero-order valence-corrected chi connectivity index (χ0v) is 21.0. The molecule has 0 radical (unpaired) electrons. The number of esters is 1. The van der Waals surface area contributed by atoms with E-state index in [1.165, 1.54) is 11.6 Å². The van der Waals surface area contributed by atoms with Gasteiger partial charge in [0.1, 0.15) is 0 Å². The molecule has 1 aliphatic rings. The quantitative estimate of drug-likeness (QED) is 0.409. The molecule has 35 heavy (non-hydrogen) atoms. The van der Waals surface area contributed by atoms with Gasteiger partial charge in [-0.05, 0) is 48.9 Å². The SMILES string of the molecule is CCOC(=O)c1ccc(N2CCN(Cc3ccccc3)CC2)c(NC(=O)c2ccc(Cl)c(Cl)c2)c1. The second-order valence-corrected chi connectivity index (χ2v) is 9.10. The van der Waals surface area contributed by atoms with Gasteiger partial charge < -0.3 is 15.0 Å². The predicted molar refractivity (Wildman–Crippen MR) is 141 cm³/mol. The molecule has 0 aliphatic carbocycles. The lowest BCUT2D eigenvalue weighted by Crippen LogP contribution is -2.46. The Morgan fingerprint density at radius 3 is 2.29 bits per heavy atom. The number of amides is 1. The molecular formula is C27H27Cl2N3O3. The summed E-state index contributed by atoms with van der Waals surface area (Å²) in [4.78, 5) is 30.0. The highest BCUT2D eigenvalue weighted by Crippen LogP contribution is 2.30. The number of hydrogen-bond donors (Lipinski definition) is 1. The number of halogens is 2. The van der Waals surface area contributed by atoms with Crippen molar-refractivity contribution in [2.45, 2.75) is 13.5 Å². The van der Waals surface area contributed by atoms with E-state index in [0.717, 1.165) is 38.4 Å². The van der Waals surface area contributed by atoms with Crippen LogP contribution in [-0.4, -0.2) is 49.6 Å². The largest absolute Gasteiger partial charge is 0.462 e. The Balaban J connectivity index is 1.53. The Morgan fingerprint density at radius 1 is 0.886 bits per heavy atom. The minimum atomic E-state index is -0.434. The number of ether oxygens (including phenoxy) is 1. The molecule has 1 fully saturated rings. The highest BCUT2D eigenvalue weighted by Gasteiger charge is 2.22. The molecule has 3 aromatic carbocycles. The van der Waals surface area contributed by atoms with Crippen LogP contribution in [0.3, 0.4) is 0 Å². The van der Waals surface area contributed by atoms with Gasteiger partial charge in [-0.2, -0.15) is 0 Å². The number of anilines is 2. The Kier molecular flexibility index (Phi) is 8.29. The lowest BCUT2D eigenvalue weighted by molar-refractivity contribution is 0.0526. The van der Waals surface area contributed by atoms with Crippen molar-refractivity contribution in [1.29, 1.82) is 0 Å². The average molecular weight is 512 g/mol. The lowest BCUT2D eigenvalue weighted by atomic mass is 10.1. The van der Waals surface area contributed by atoms with Gasteiger partial charge in [-0.3, -0.25) is 9.69 Å². The van der Waals surface area contributed by atoms with Crippen molar-refractivity contribution in [2.24, 2.45) is 0 Å².